The molecular formula is C14H21N3O3. The molecule has 0 radical (unpaired) electrons. The number of rotatable bonds is 7. The Labute approximate surface area is 118 Å². The van der Waals surface area contributed by atoms with E-state index in [1.807, 2.05) is 13.8 Å². The van der Waals surface area contributed by atoms with E-state index >= 15 is 0 Å². The monoisotopic (exact) mass is 279 g/mol. The minimum Gasteiger partial charge on any atom is -0.477 e. The summed E-state index contributed by atoms with van der Waals surface area (Å²) in [6.07, 6.45) is 0. The molecule has 0 saturated heterocycles. The van der Waals surface area contributed by atoms with E-state index in [9.17, 15) is 9.59 Å². The lowest BCUT2D eigenvalue weighted by atomic mass is 10.2. The summed E-state index contributed by atoms with van der Waals surface area (Å²) >= 11 is 0. The minimum atomic E-state index is -1.06. The van der Waals surface area contributed by atoms with E-state index in [1.165, 1.54) is 6.07 Å². The third kappa shape index (κ3) is 4.31. The SMILES string of the molecule is CCN(CC)C(=O)C(C)NCc1cccc(C(=O)O)n1. The molecule has 0 bridgehead atoms. The number of likely N-dealkylation sites (N-methyl/N-ethyl adjacent to an activating group) is 1. The van der Waals surface area contributed by atoms with E-state index in [0.29, 0.717) is 25.3 Å². The highest BCUT2D eigenvalue weighted by molar-refractivity contribution is 5.85. The molecule has 0 aliphatic carbocycles. The van der Waals surface area contributed by atoms with Crippen molar-refractivity contribution in [2.24, 2.45) is 0 Å². The lowest BCUT2D eigenvalue weighted by molar-refractivity contribution is -0.132. The molecule has 2 N–H and O–H groups in total. The Kier molecular flexibility index (Phi) is 6.11. The molecule has 1 aromatic heterocycles. The molecule has 6 nitrogen and oxygen atoms in total. The molecule has 0 fully saturated rings. The van der Waals surface area contributed by atoms with Crippen LogP contribution in [0, 0.1) is 0 Å². The van der Waals surface area contributed by atoms with Gasteiger partial charge in [-0.1, -0.05) is 6.07 Å². The molecule has 0 spiro atoms. The van der Waals surface area contributed by atoms with Gasteiger partial charge in [-0.05, 0) is 32.9 Å². The first-order valence-corrected chi connectivity index (χ1v) is 6.71. The molecule has 6 heteroatoms. The zero-order valence-electron chi connectivity index (χ0n) is 12.1. The Balaban J connectivity index is 2.60. The first kappa shape index (κ1) is 16.1. The molecule has 1 amide bonds. The molecule has 1 unspecified atom stereocenters. The van der Waals surface area contributed by atoms with Gasteiger partial charge in [0.25, 0.3) is 0 Å². The molecular weight excluding hydrogens is 258 g/mol. The number of carbonyl (C=O) groups is 2. The summed E-state index contributed by atoms with van der Waals surface area (Å²) in [4.78, 5) is 28.6. The summed E-state index contributed by atoms with van der Waals surface area (Å²) in [6.45, 7) is 7.37. The van der Waals surface area contributed by atoms with E-state index in [0.717, 1.165) is 0 Å². The van der Waals surface area contributed by atoms with Gasteiger partial charge in [0.05, 0.1) is 11.7 Å². The van der Waals surface area contributed by atoms with E-state index in [4.69, 9.17) is 5.11 Å². The topological polar surface area (TPSA) is 82.5 Å². The fourth-order valence-corrected chi connectivity index (χ4v) is 1.85. The second kappa shape index (κ2) is 7.59. The number of carbonyl (C=O) groups excluding carboxylic acids is 1. The Morgan fingerprint density at radius 3 is 2.55 bits per heavy atom. The summed E-state index contributed by atoms with van der Waals surface area (Å²) in [5.74, 6) is -1.02. The Morgan fingerprint density at radius 1 is 1.35 bits per heavy atom. The fourth-order valence-electron chi connectivity index (χ4n) is 1.85. The summed E-state index contributed by atoms with van der Waals surface area (Å²) in [7, 11) is 0. The molecule has 0 aliphatic rings. The smallest absolute Gasteiger partial charge is 0.354 e. The van der Waals surface area contributed by atoms with Crippen LogP contribution in [0.5, 0.6) is 0 Å². The van der Waals surface area contributed by atoms with Crippen molar-refractivity contribution >= 4 is 11.9 Å². The highest BCUT2D eigenvalue weighted by Crippen LogP contribution is 2.01. The number of hydrogen-bond donors (Lipinski definition) is 2. The first-order valence-electron chi connectivity index (χ1n) is 6.71. The number of carboxylic acid groups (broad SMARTS) is 1. The van der Waals surface area contributed by atoms with Crippen molar-refractivity contribution in [1.29, 1.82) is 0 Å². The van der Waals surface area contributed by atoms with Gasteiger partial charge in [0.15, 0.2) is 0 Å². The quantitative estimate of drug-likeness (QED) is 0.781. The normalized spacial score (nSPS) is 11.9. The summed E-state index contributed by atoms with van der Waals surface area (Å²) in [5, 5.41) is 11.9. The van der Waals surface area contributed by atoms with Crippen LogP contribution in [0.15, 0.2) is 18.2 Å². The Bertz CT molecular complexity index is 472. The van der Waals surface area contributed by atoms with Crippen molar-refractivity contribution in [1.82, 2.24) is 15.2 Å². The highest BCUT2D eigenvalue weighted by Gasteiger charge is 2.17. The largest absolute Gasteiger partial charge is 0.477 e. The zero-order chi connectivity index (χ0) is 15.1. The van der Waals surface area contributed by atoms with E-state index in [-0.39, 0.29) is 17.6 Å². The zero-order valence-corrected chi connectivity index (χ0v) is 12.1. The van der Waals surface area contributed by atoms with Gasteiger partial charge in [-0.3, -0.25) is 4.79 Å². The number of aromatic nitrogens is 1. The highest BCUT2D eigenvalue weighted by atomic mass is 16.4. The Morgan fingerprint density at radius 2 is 2.00 bits per heavy atom. The average molecular weight is 279 g/mol. The van der Waals surface area contributed by atoms with Crippen LogP contribution in [0.4, 0.5) is 0 Å². The third-order valence-electron chi connectivity index (χ3n) is 3.06. The molecule has 0 saturated carbocycles. The van der Waals surface area contributed by atoms with Gasteiger partial charge in [0.2, 0.25) is 5.91 Å². The van der Waals surface area contributed by atoms with Gasteiger partial charge in [-0.2, -0.15) is 0 Å². The van der Waals surface area contributed by atoms with Crippen molar-refractivity contribution in [2.75, 3.05) is 13.1 Å². The first-order chi connectivity index (χ1) is 9.49. The van der Waals surface area contributed by atoms with E-state index in [1.54, 1.807) is 24.0 Å². The van der Waals surface area contributed by atoms with Gasteiger partial charge in [0.1, 0.15) is 5.69 Å². The van der Waals surface area contributed by atoms with Crippen molar-refractivity contribution in [3.05, 3.63) is 29.6 Å². The Hall–Kier alpha value is -1.95. The lowest BCUT2D eigenvalue weighted by Gasteiger charge is -2.23. The predicted molar refractivity (Wildman–Crippen MR) is 75.4 cm³/mol. The van der Waals surface area contributed by atoms with Gasteiger partial charge in [-0.15, -0.1) is 0 Å². The second-order valence-corrected chi connectivity index (χ2v) is 4.43. The maximum Gasteiger partial charge on any atom is 0.354 e. The van der Waals surface area contributed by atoms with E-state index < -0.39 is 5.97 Å². The van der Waals surface area contributed by atoms with Gasteiger partial charge in [0, 0.05) is 19.6 Å². The number of pyridine rings is 1. The number of aromatic carboxylic acids is 1. The second-order valence-electron chi connectivity index (χ2n) is 4.43. The number of hydrogen-bond acceptors (Lipinski definition) is 4. The van der Waals surface area contributed by atoms with Crippen molar-refractivity contribution in [2.45, 2.75) is 33.4 Å². The van der Waals surface area contributed by atoms with Gasteiger partial charge in [-0.25, -0.2) is 9.78 Å². The number of nitrogens with one attached hydrogen (secondary N) is 1. The summed E-state index contributed by atoms with van der Waals surface area (Å²) in [5.41, 5.74) is 0.608. The molecule has 1 heterocycles. The standard InChI is InChI=1S/C14H21N3O3/c1-4-17(5-2)13(18)10(3)15-9-11-7-6-8-12(16-11)14(19)20/h6-8,10,15H,4-5,9H2,1-3H3,(H,19,20). The maximum atomic E-state index is 12.1. The predicted octanol–water partition coefficient (Wildman–Crippen LogP) is 1.13. The lowest BCUT2D eigenvalue weighted by Crippen LogP contribution is -2.44. The van der Waals surface area contributed by atoms with E-state index in [2.05, 4.69) is 10.3 Å². The van der Waals surface area contributed by atoms with Crippen LogP contribution in [0.2, 0.25) is 0 Å². The number of amides is 1. The number of carboxylic acids is 1. The van der Waals surface area contributed by atoms with Crippen molar-refractivity contribution in [3.8, 4) is 0 Å². The van der Waals surface area contributed by atoms with Crippen LogP contribution in [0.25, 0.3) is 0 Å². The van der Waals surface area contributed by atoms with Crippen LogP contribution < -0.4 is 5.32 Å². The van der Waals surface area contributed by atoms with Crippen LogP contribution in [0.3, 0.4) is 0 Å². The molecule has 0 aliphatic heterocycles. The van der Waals surface area contributed by atoms with Gasteiger partial charge < -0.3 is 15.3 Å². The minimum absolute atomic E-state index is 0.00650. The molecule has 1 aromatic rings. The molecule has 20 heavy (non-hydrogen) atoms. The molecule has 110 valence electrons. The van der Waals surface area contributed by atoms with Crippen molar-refractivity contribution < 1.29 is 14.7 Å². The van der Waals surface area contributed by atoms with Crippen LogP contribution in [-0.4, -0.2) is 46.0 Å². The maximum absolute atomic E-state index is 12.1. The van der Waals surface area contributed by atoms with Crippen molar-refractivity contribution in [3.63, 3.8) is 0 Å². The number of nitrogens with zero attached hydrogens (tertiary/aromatic N) is 2. The average Bonchev–Trinajstić information content (AvgIpc) is 2.46. The fraction of sp³-hybridized carbons (Fsp3) is 0.500. The summed E-state index contributed by atoms with van der Waals surface area (Å²) in [6, 6.07) is 4.49. The third-order valence-corrected chi connectivity index (χ3v) is 3.06. The summed E-state index contributed by atoms with van der Waals surface area (Å²) < 4.78 is 0. The molecule has 1 atom stereocenters. The molecule has 0 aromatic carbocycles. The van der Waals surface area contributed by atoms with Gasteiger partial charge >= 0.3 is 5.97 Å². The molecule has 1 rings (SSSR count). The van der Waals surface area contributed by atoms with Crippen LogP contribution >= 0.6 is 0 Å². The van der Waals surface area contributed by atoms with Crippen LogP contribution in [-0.2, 0) is 11.3 Å². The van der Waals surface area contributed by atoms with Crippen LogP contribution in [0.1, 0.15) is 37.0 Å².